The molecule has 0 aliphatic rings. The molecule has 2 nitrogen and oxygen atoms in total. The van der Waals surface area contributed by atoms with E-state index in [1.165, 1.54) is 0 Å². The number of halogens is 2. The number of alkyl halides is 2. The number of hydrogen-bond acceptors (Lipinski definition) is 2. The predicted octanol–water partition coefficient (Wildman–Crippen LogP) is 3.34. The minimum atomic E-state index is -2.05. The molecule has 0 aromatic carbocycles. The summed E-state index contributed by atoms with van der Waals surface area (Å²) in [7, 11) is -2.05. The van der Waals surface area contributed by atoms with Crippen LogP contribution in [-0.2, 0) is 9.22 Å². The summed E-state index contributed by atoms with van der Waals surface area (Å²) in [6.45, 7) is 10.1. The van der Waals surface area contributed by atoms with Crippen molar-refractivity contribution in [2.24, 2.45) is 0 Å². The highest BCUT2D eigenvalue weighted by molar-refractivity contribution is 6.76. The lowest BCUT2D eigenvalue weighted by Gasteiger charge is -2.35. The van der Waals surface area contributed by atoms with Gasteiger partial charge >= 0.3 is 5.97 Å². The molecule has 0 aliphatic heterocycles. The van der Waals surface area contributed by atoms with Gasteiger partial charge < -0.3 is 4.43 Å². The van der Waals surface area contributed by atoms with E-state index in [2.05, 4.69) is 0 Å². The average Bonchev–Trinajstić information content (AvgIpc) is 1.83. The molecule has 5 heteroatoms. The first kappa shape index (κ1) is 13.3. The van der Waals surface area contributed by atoms with Crippen LogP contribution >= 0.6 is 23.2 Å². The van der Waals surface area contributed by atoms with Gasteiger partial charge in [0.1, 0.15) is 0 Å². The van der Waals surface area contributed by atoms with Crippen molar-refractivity contribution in [3.05, 3.63) is 0 Å². The largest absolute Gasteiger partial charge is 0.517 e. The van der Waals surface area contributed by atoms with E-state index in [0.717, 1.165) is 0 Å². The summed E-state index contributed by atoms with van der Waals surface area (Å²) in [5.41, 5.74) is 0. The smallest absolute Gasteiger partial charge is 0.326 e. The number of carbonyl (C=O) groups excluding carboxylic acids is 1. The van der Waals surface area contributed by atoms with Crippen LogP contribution in [0.5, 0.6) is 0 Å². The van der Waals surface area contributed by atoms with Crippen molar-refractivity contribution in [3.8, 4) is 0 Å². The van der Waals surface area contributed by atoms with Crippen LogP contribution in [0.1, 0.15) is 20.8 Å². The zero-order valence-corrected chi connectivity index (χ0v) is 11.2. The minimum absolute atomic E-state index is 0.00860. The average molecular weight is 243 g/mol. The van der Waals surface area contributed by atoms with Gasteiger partial charge in [0.05, 0.1) is 0 Å². The monoisotopic (exact) mass is 242 g/mol. The van der Waals surface area contributed by atoms with Gasteiger partial charge in [-0.1, -0.05) is 44.0 Å². The van der Waals surface area contributed by atoms with E-state index in [4.69, 9.17) is 27.6 Å². The predicted molar refractivity (Wildman–Crippen MR) is 58.8 cm³/mol. The fraction of sp³-hybridized carbons (Fsp3) is 0.875. The highest BCUT2D eigenvalue weighted by Gasteiger charge is 2.41. The molecule has 0 rings (SSSR count). The van der Waals surface area contributed by atoms with Gasteiger partial charge in [-0.15, -0.1) is 0 Å². The van der Waals surface area contributed by atoms with E-state index in [0.29, 0.717) is 0 Å². The molecule has 0 aromatic heterocycles. The first-order valence-electron chi connectivity index (χ1n) is 4.09. The topological polar surface area (TPSA) is 26.3 Å². The molecular weight excluding hydrogens is 227 g/mol. The maximum absolute atomic E-state index is 11.2. The van der Waals surface area contributed by atoms with Gasteiger partial charge in [-0.3, -0.25) is 4.79 Å². The molecule has 0 atom stereocenters. The SMILES string of the molecule is CC(C)(C)[Si](C)(C)OC(=O)C(Cl)Cl. The second-order valence-electron chi connectivity index (χ2n) is 4.48. The third-order valence-corrected chi connectivity index (χ3v) is 7.02. The fourth-order valence-electron chi connectivity index (χ4n) is 0.449. The van der Waals surface area contributed by atoms with E-state index >= 15 is 0 Å². The summed E-state index contributed by atoms with van der Waals surface area (Å²) in [4.78, 5) is 10.1. The molecule has 0 N–H and O–H groups in total. The second-order valence-corrected chi connectivity index (χ2v) is 10.3. The Kier molecular flexibility index (Phi) is 4.28. The van der Waals surface area contributed by atoms with Gasteiger partial charge in [-0.25, -0.2) is 0 Å². The van der Waals surface area contributed by atoms with Crippen LogP contribution in [0, 0.1) is 0 Å². The Morgan fingerprint density at radius 1 is 1.31 bits per heavy atom. The lowest BCUT2D eigenvalue weighted by molar-refractivity contribution is -0.133. The highest BCUT2D eigenvalue weighted by Crippen LogP contribution is 2.37. The molecule has 78 valence electrons. The van der Waals surface area contributed by atoms with E-state index < -0.39 is 19.1 Å². The Labute approximate surface area is 90.7 Å². The zero-order chi connectivity index (χ0) is 10.9. The summed E-state index contributed by atoms with van der Waals surface area (Å²) in [6, 6.07) is 0. The summed E-state index contributed by atoms with van der Waals surface area (Å²) in [6.07, 6.45) is 0. The van der Waals surface area contributed by atoms with Crippen LogP contribution in [0.25, 0.3) is 0 Å². The Hall–Kier alpha value is 0.267. The molecule has 0 aliphatic carbocycles. The summed E-state index contributed by atoms with van der Waals surface area (Å²) < 4.78 is 5.30. The third kappa shape index (κ3) is 3.88. The van der Waals surface area contributed by atoms with Crippen LogP contribution in [0.3, 0.4) is 0 Å². The Morgan fingerprint density at radius 2 is 1.69 bits per heavy atom. The summed E-state index contributed by atoms with van der Waals surface area (Å²) >= 11 is 10.8. The molecule has 0 amide bonds. The van der Waals surface area contributed by atoms with Crippen molar-refractivity contribution in [3.63, 3.8) is 0 Å². The lowest BCUT2D eigenvalue weighted by Crippen LogP contribution is -2.43. The van der Waals surface area contributed by atoms with Crippen molar-refractivity contribution < 1.29 is 9.22 Å². The van der Waals surface area contributed by atoms with Gasteiger partial charge in [0, 0.05) is 0 Å². The molecular formula is C8H16Cl2O2Si. The van der Waals surface area contributed by atoms with Gasteiger partial charge in [0.15, 0.2) is 0 Å². The van der Waals surface area contributed by atoms with Crippen LogP contribution in [0.15, 0.2) is 0 Å². The molecule has 0 heterocycles. The van der Waals surface area contributed by atoms with E-state index in [9.17, 15) is 4.79 Å². The summed E-state index contributed by atoms with van der Waals surface area (Å²) in [5.74, 6) is -0.532. The third-order valence-electron chi connectivity index (χ3n) is 2.34. The normalized spacial score (nSPS) is 13.2. The molecule has 0 saturated carbocycles. The van der Waals surface area contributed by atoms with Crippen LogP contribution in [-0.4, -0.2) is 19.1 Å². The standard InChI is InChI=1S/C8H16Cl2O2Si/c1-8(2,3)13(4,5)12-7(11)6(9)10/h6H,1-5H3. The first-order valence-corrected chi connectivity index (χ1v) is 7.87. The minimum Gasteiger partial charge on any atom is -0.517 e. The van der Waals surface area contributed by atoms with Crippen LogP contribution < -0.4 is 0 Å². The van der Waals surface area contributed by atoms with Crippen molar-refractivity contribution >= 4 is 37.5 Å². The van der Waals surface area contributed by atoms with Gasteiger partial charge in [0.25, 0.3) is 8.32 Å². The van der Waals surface area contributed by atoms with E-state index in [1.807, 2.05) is 33.9 Å². The second kappa shape index (κ2) is 4.19. The van der Waals surface area contributed by atoms with Gasteiger partial charge in [-0.2, -0.15) is 0 Å². The maximum atomic E-state index is 11.2. The number of hydrogen-bond donors (Lipinski definition) is 0. The highest BCUT2D eigenvalue weighted by atomic mass is 35.5. The zero-order valence-electron chi connectivity index (χ0n) is 8.65. The molecule has 0 saturated heterocycles. The Morgan fingerprint density at radius 3 is 1.92 bits per heavy atom. The molecule has 13 heavy (non-hydrogen) atoms. The summed E-state index contributed by atoms with van der Waals surface area (Å²) in [5, 5.41) is -0.00860. The quantitative estimate of drug-likeness (QED) is 0.549. The van der Waals surface area contributed by atoms with E-state index in [-0.39, 0.29) is 5.04 Å². The van der Waals surface area contributed by atoms with Gasteiger partial charge in [0.2, 0.25) is 4.84 Å². The molecule has 0 radical (unpaired) electrons. The molecule has 0 bridgehead atoms. The first-order chi connectivity index (χ1) is 5.58. The van der Waals surface area contributed by atoms with Crippen molar-refractivity contribution in [1.82, 2.24) is 0 Å². The maximum Gasteiger partial charge on any atom is 0.326 e. The molecule has 0 unspecified atom stereocenters. The number of carbonyl (C=O) groups is 1. The van der Waals surface area contributed by atoms with Crippen LogP contribution in [0.4, 0.5) is 0 Å². The van der Waals surface area contributed by atoms with Crippen molar-refractivity contribution in [2.75, 3.05) is 0 Å². The molecule has 0 fully saturated rings. The molecule has 0 spiro atoms. The van der Waals surface area contributed by atoms with Crippen LogP contribution in [0.2, 0.25) is 18.1 Å². The van der Waals surface area contributed by atoms with Gasteiger partial charge in [-0.05, 0) is 18.1 Å². The van der Waals surface area contributed by atoms with Crippen molar-refractivity contribution in [2.45, 2.75) is 43.7 Å². The van der Waals surface area contributed by atoms with Crippen molar-refractivity contribution in [1.29, 1.82) is 0 Å². The lowest BCUT2D eigenvalue weighted by atomic mass is 10.2. The number of rotatable bonds is 2. The molecule has 0 aromatic rings. The Bertz CT molecular complexity index is 197. The fourth-order valence-corrected chi connectivity index (χ4v) is 1.61. The van der Waals surface area contributed by atoms with E-state index in [1.54, 1.807) is 0 Å². The Balaban J connectivity index is 4.44.